The highest BCUT2D eigenvalue weighted by atomic mass is 16.5. The molecule has 0 aliphatic carbocycles. The van der Waals surface area contributed by atoms with Crippen LogP contribution in [0.2, 0.25) is 0 Å². The summed E-state index contributed by atoms with van der Waals surface area (Å²) in [5.41, 5.74) is 0.916. The van der Waals surface area contributed by atoms with E-state index >= 15 is 0 Å². The lowest BCUT2D eigenvalue weighted by Gasteiger charge is -2.08. The zero-order valence-electron chi connectivity index (χ0n) is 9.61. The summed E-state index contributed by atoms with van der Waals surface area (Å²) >= 11 is 0. The van der Waals surface area contributed by atoms with Crippen LogP contribution in [0, 0.1) is 0 Å². The molecule has 2 rings (SSSR count). The zero-order chi connectivity index (χ0) is 12.4. The molecule has 0 bridgehead atoms. The quantitative estimate of drug-likeness (QED) is 0.802. The minimum atomic E-state index is -0.224. The van der Waals surface area contributed by atoms with E-state index in [2.05, 4.69) is 10.4 Å². The average molecular weight is 235 g/mol. The number of fused-ring (bicyclic) bond motifs is 1. The van der Waals surface area contributed by atoms with E-state index in [1.54, 1.807) is 18.3 Å². The first-order valence-electron chi connectivity index (χ1n) is 5.14. The van der Waals surface area contributed by atoms with Crippen molar-refractivity contribution in [2.24, 2.45) is 0 Å². The number of H-pyrrole nitrogens is 1. The van der Waals surface area contributed by atoms with Crippen LogP contribution in [0.15, 0.2) is 23.1 Å². The summed E-state index contributed by atoms with van der Waals surface area (Å²) in [4.78, 5) is 23.0. The number of nitrogens with one attached hydrogen (secondary N) is 2. The summed E-state index contributed by atoms with van der Waals surface area (Å²) in [5.74, 6) is 0.284. The summed E-state index contributed by atoms with van der Waals surface area (Å²) in [6.07, 6.45) is 1.67. The third-order valence-electron chi connectivity index (χ3n) is 2.49. The Bertz CT molecular complexity index is 612. The molecule has 17 heavy (non-hydrogen) atoms. The van der Waals surface area contributed by atoms with Crippen LogP contribution in [0.1, 0.15) is 12.5 Å². The predicted octanol–water partition coefficient (Wildman–Crippen LogP) is 0.272. The lowest BCUT2D eigenvalue weighted by molar-refractivity contribution is -0.119. The lowest BCUT2D eigenvalue weighted by atomic mass is 10.2. The van der Waals surface area contributed by atoms with E-state index < -0.39 is 0 Å². The van der Waals surface area contributed by atoms with Gasteiger partial charge >= 0.3 is 0 Å². The fourth-order valence-corrected chi connectivity index (χ4v) is 1.65. The normalized spacial score (nSPS) is 10.5. The molecule has 2 heterocycles. The molecule has 0 saturated carbocycles. The Labute approximate surface area is 97.2 Å². The number of methoxy groups -OCH3 is 1. The first kappa shape index (κ1) is 11.3. The molecule has 0 aromatic carbocycles. The molecule has 1 amide bonds. The van der Waals surface area contributed by atoms with Crippen molar-refractivity contribution in [3.8, 4) is 5.75 Å². The monoisotopic (exact) mass is 235 g/mol. The van der Waals surface area contributed by atoms with Gasteiger partial charge in [0.1, 0.15) is 5.75 Å². The molecule has 0 aliphatic rings. The summed E-state index contributed by atoms with van der Waals surface area (Å²) in [6, 6.07) is 3.52. The molecule has 0 radical (unpaired) electrons. The molecule has 6 heteroatoms. The Hall–Kier alpha value is -2.24. The predicted molar refractivity (Wildman–Crippen MR) is 62.1 cm³/mol. The third-order valence-corrected chi connectivity index (χ3v) is 2.49. The molecule has 0 aliphatic heterocycles. The molecule has 0 fully saturated rings. The van der Waals surface area contributed by atoms with E-state index in [0.29, 0.717) is 11.3 Å². The number of hydrogen-bond donors (Lipinski definition) is 2. The van der Waals surface area contributed by atoms with Gasteiger partial charge in [-0.25, -0.2) is 4.52 Å². The standard InChI is InChI=1S/C11H13N3O3/c1-7(15)12-6-9-10(17-2)5-8-3-4-13-14(8)11(9)16/h3-5,13H,6H2,1-2H3,(H,12,15). The molecular weight excluding hydrogens is 222 g/mol. The second kappa shape index (κ2) is 4.32. The Balaban J connectivity index is 2.54. The Morgan fingerprint density at radius 2 is 2.35 bits per heavy atom. The summed E-state index contributed by atoms with van der Waals surface area (Å²) in [7, 11) is 1.50. The van der Waals surface area contributed by atoms with E-state index in [-0.39, 0.29) is 18.0 Å². The number of amides is 1. The average Bonchev–Trinajstić information content (AvgIpc) is 2.75. The molecule has 6 nitrogen and oxygen atoms in total. The fourth-order valence-electron chi connectivity index (χ4n) is 1.65. The summed E-state index contributed by atoms with van der Waals surface area (Å²) in [6.45, 7) is 1.55. The van der Waals surface area contributed by atoms with Crippen molar-refractivity contribution in [1.29, 1.82) is 0 Å². The van der Waals surface area contributed by atoms with Gasteiger partial charge in [-0.05, 0) is 6.07 Å². The molecule has 2 aromatic heterocycles. The van der Waals surface area contributed by atoms with Crippen LogP contribution in [-0.4, -0.2) is 22.6 Å². The Morgan fingerprint density at radius 3 is 3.00 bits per heavy atom. The van der Waals surface area contributed by atoms with E-state index in [1.807, 2.05) is 0 Å². The first-order chi connectivity index (χ1) is 8.13. The van der Waals surface area contributed by atoms with Crippen molar-refractivity contribution in [2.45, 2.75) is 13.5 Å². The van der Waals surface area contributed by atoms with Crippen molar-refractivity contribution < 1.29 is 9.53 Å². The minimum Gasteiger partial charge on any atom is -0.496 e. The SMILES string of the molecule is COc1cc2cc[nH]n2c(=O)c1CNC(C)=O. The second-order valence-corrected chi connectivity index (χ2v) is 3.63. The molecule has 90 valence electrons. The molecule has 2 N–H and O–H groups in total. The topological polar surface area (TPSA) is 75.6 Å². The summed E-state index contributed by atoms with van der Waals surface area (Å²) < 4.78 is 6.56. The van der Waals surface area contributed by atoms with Gasteiger partial charge in [0.25, 0.3) is 5.56 Å². The summed E-state index contributed by atoms with van der Waals surface area (Å²) in [5, 5.41) is 5.39. The van der Waals surface area contributed by atoms with E-state index in [1.165, 1.54) is 18.5 Å². The molecule has 0 saturated heterocycles. The van der Waals surface area contributed by atoms with Crippen LogP contribution in [0.25, 0.3) is 5.52 Å². The lowest BCUT2D eigenvalue weighted by Crippen LogP contribution is -2.27. The third kappa shape index (κ3) is 2.01. The maximum atomic E-state index is 12.1. The van der Waals surface area contributed by atoms with Gasteiger partial charge in [-0.1, -0.05) is 0 Å². The number of aromatic nitrogens is 2. The number of pyridine rings is 1. The van der Waals surface area contributed by atoms with Gasteiger partial charge in [0.15, 0.2) is 0 Å². The van der Waals surface area contributed by atoms with Gasteiger partial charge in [-0.3, -0.25) is 14.7 Å². The van der Waals surface area contributed by atoms with Gasteiger partial charge in [0.05, 0.1) is 24.7 Å². The van der Waals surface area contributed by atoms with Crippen LogP contribution in [0.4, 0.5) is 0 Å². The smallest absolute Gasteiger partial charge is 0.278 e. The van der Waals surface area contributed by atoms with E-state index in [4.69, 9.17) is 4.74 Å². The maximum Gasteiger partial charge on any atom is 0.278 e. The van der Waals surface area contributed by atoms with E-state index in [0.717, 1.165) is 5.52 Å². The number of aromatic amines is 1. The highest BCUT2D eigenvalue weighted by molar-refractivity contribution is 5.73. The molecule has 2 aromatic rings. The Kier molecular flexibility index (Phi) is 2.86. The number of carbonyl (C=O) groups excluding carboxylic acids is 1. The van der Waals surface area contributed by atoms with Gasteiger partial charge in [0, 0.05) is 19.2 Å². The Morgan fingerprint density at radius 1 is 1.59 bits per heavy atom. The maximum absolute atomic E-state index is 12.1. The van der Waals surface area contributed by atoms with Crippen LogP contribution < -0.4 is 15.6 Å². The van der Waals surface area contributed by atoms with E-state index in [9.17, 15) is 9.59 Å². The molecule has 0 unspecified atom stereocenters. The number of ether oxygens (including phenoxy) is 1. The van der Waals surface area contributed by atoms with Crippen LogP contribution >= 0.6 is 0 Å². The van der Waals surface area contributed by atoms with Crippen LogP contribution in [0.5, 0.6) is 5.75 Å². The number of rotatable bonds is 3. The number of carbonyl (C=O) groups is 1. The number of hydrogen-bond acceptors (Lipinski definition) is 3. The molecule has 0 spiro atoms. The van der Waals surface area contributed by atoms with Gasteiger partial charge < -0.3 is 10.1 Å². The fraction of sp³-hybridized carbons (Fsp3) is 0.273. The van der Waals surface area contributed by atoms with Crippen molar-refractivity contribution in [2.75, 3.05) is 7.11 Å². The number of nitrogens with zero attached hydrogens (tertiary/aromatic N) is 1. The second-order valence-electron chi connectivity index (χ2n) is 3.63. The van der Waals surface area contributed by atoms with Crippen LogP contribution in [0.3, 0.4) is 0 Å². The first-order valence-corrected chi connectivity index (χ1v) is 5.14. The minimum absolute atomic E-state index is 0.152. The van der Waals surface area contributed by atoms with Crippen molar-refractivity contribution in [3.05, 3.63) is 34.2 Å². The van der Waals surface area contributed by atoms with Gasteiger partial charge in [-0.2, -0.15) is 0 Å². The van der Waals surface area contributed by atoms with Crippen molar-refractivity contribution in [1.82, 2.24) is 14.9 Å². The largest absolute Gasteiger partial charge is 0.496 e. The van der Waals surface area contributed by atoms with Crippen molar-refractivity contribution >= 4 is 11.4 Å². The van der Waals surface area contributed by atoms with Crippen LogP contribution in [-0.2, 0) is 11.3 Å². The van der Waals surface area contributed by atoms with Crippen molar-refractivity contribution in [3.63, 3.8) is 0 Å². The highest BCUT2D eigenvalue weighted by Gasteiger charge is 2.12. The highest BCUT2D eigenvalue weighted by Crippen LogP contribution is 2.16. The molecular formula is C11H13N3O3. The van der Waals surface area contributed by atoms with Gasteiger partial charge in [-0.15, -0.1) is 0 Å². The molecule has 0 atom stereocenters. The van der Waals surface area contributed by atoms with Gasteiger partial charge in [0.2, 0.25) is 5.91 Å². The zero-order valence-corrected chi connectivity index (χ0v) is 9.61.